The zero-order chi connectivity index (χ0) is 15.4. The summed E-state index contributed by atoms with van der Waals surface area (Å²) in [5, 5.41) is 2.79. The molecule has 0 radical (unpaired) electrons. The van der Waals surface area contributed by atoms with E-state index in [2.05, 4.69) is 12.2 Å². The molecule has 0 fully saturated rings. The van der Waals surface area contributed by atoms with E-state index in [1.54, 1.807) is 12.1 Å². The van der Waals surface area contributed by atoms with Crippen LogP contribution in [-0.4, -0.2) is 11.9 Å². The Labute approximate surface area is 125 Å². The van der Waals surface area contributed by atoms with Crippen molar-refractivity contribution in [3.8, 4) is 5.75 Å². The van der Waals surface area contributed by atoms with Crippen molar-refractivity contribution >= 4 is 5.91 Å². The SMILES string of the molecule is Cc1ccc(OCc2ccc(C(=O)NC(C)C)o2)cc1C. The zero-order valence-corrected chi connectivity index (χ0v) is 12.9. The molecule has 0 atom stereocenters. The molecule has 0 aliphatic rings. The van der Waals surface area contributed by atoms with Crippen molar-refractivity contribution in [3.63, 3.8) is 0 Å². The standard InChI is InChI=1S/C17H21NO3/c1-11(2)18-17(19)16-8-7-15(21-16)10-20-14-6-5-12(3)13(4)9-14/h5-9,11H,10H2,1-4H3,(H,18,19). The lowest BCUT2D eigenvalue weighted by atomic mass is 10.1. The van der Waals surface area contributed by atoms with Crippen molar-refractivity contribution in [2.45, 2.75) is 40.3 Å². The van der Waals surface area contributed by atoms with E-state index in [-0.39, 0.29) is 11.9 Å². The number of ether oxygens (including phenoxy) is 1. The molecule has 1 heterocycles. The molecule has 1 N–H and O–H groups in total. The van der Waals surface area contributed by atoms with Crippen LogP contribution in [0.2, 0.25) is 0 Å². The van der Waals surface area contributed by atoms with Gasteiger partial charge in [0.2, 0.25) is 0 Å². The van der Waals surface area contributed by atoms with Crippen LogP contribution >= 0.6 is 0 Å². The number of aryl methyl sites for hydroxylation is 2. The molecule has 0 saturated carbocycles. The fraction of sp³-hybridized carbons (Fsp3) is 0.353. The quantitative estimate of drug-likeness (QED) is 0.914. The van der Waals surface area contributed by atoms with E-state index in [1.807, 2.05) is 39.0 Å². The summed E-state index contributed by atoms with van der Waals surface area (Å²) in [7, 11) is 0. The van der Waals surface area contributed by atoms with Gasteiger partial charge in [0.05, 0.1) is 0 Å². The molecule has 2 aromatic rings. The number of hydrogen-bond donors (Lipinski definition) is 1. The van der Waals surface area contributed by atoms with Gasteiger partial charge in [-0.15, -0.1) is 0 Å². The average molecular weight is 287 g/mol. The number of benzene rings is 1. The first-order valence-electron chi connectivity index (χ1n) is 7.05. The van der Waals surface area contributed by atoms with Gasteiger partial charge in [0.1, 0.15) is 18.1 Å². The Morgan fingerprint density at radius 1 is 1.19 bits per heavy atom. The molecule has 0 unspecified atom stereocenters. The summed E-state index contributed by atoms with van der Waals surface area (Å²) in [6.45, 7) is 8.22. The molecule has 0 bridgehead atoms. The van der Waals surface area contributed by atoms with Crippen molar-refractivity contribution < 1.29 is 13.9 Å². The van der Waals surface area contributed by atoms with Gasteiger partial charge in [0.25, 0.3) is 5.91 Å². The smallest absolute Gasteiger partial charge is 0.287 e. The third kappa shape index (κ3) is 4.12. The minimum absolute atomic E-state index is 0.0813. The highest BCUT2D eigenvalue weighted by Gasteiger charge is 2.12. The van der Waals surface area contributed by atoms with E-state index in [4.69, 9.17) is 9.15 Å². The molecular formula is C17H21NO3. The van der Waals surface area contributed by atoms with E-state index < -0.39 is 0 Å². The zero-order valence-electron chi connectivity index (χ0n) is 12.9. The van der Waals surface area contributed by atoms with E-state index in [9.17, 15) is 4.79 Å². The van der Waals surface area contributed by atoms with Crippen molar-refractivity contribution in [2.24, 2.45) is 0 Å². The maximum atomic E-state index is 11.8. The summed E-state index contributed by atoms with van der Waals surface area (Å²) >= 11 is 0. The molecule has 21 heavy (non-hydrogen) atoms. The Balaban J connectivity index is 1.96. The van der Waals surface area contributed by atoms with E-state index in [0.29, 0.717) is 18.1 Å². The fourth-order valence-corrected chi connectivity index (χ4v) is 1.87. The molecule has 1 amide bonds. The third-order valence-corrected chi connectivity index (χ3v) is 3.16. The maximum Gasteiger partial charge on any atom is 0.287 e. The molecule has 1 aromatic carbocycles. The molecule has 0 aliphatic carbocycles. The van der Waals surface area contributed by atoms with Crippen molar-refractivity contribution in [2.75, 3.05) is 0 Å². The van der Waals surface area contributed by atoms with E-state index >= 15 is 0 Å². The summed E-state index contributed by atoms with van der Waals surface area (Å²) in [5.41, 5.74) is 2.41. The van der Waals surface area contributed by atoms with Crippen LogP contribution in [-0.2, 0) is 6.61 Å². The first kappa shape index (κ1) is 15.2. The molecule has 0 saturated heterocycles. The molecule has 4 heteroatoms. The number of hydrogen-bond acceptors (Lipinski definition) is 3. The van der Waals surface area contributed by atoms with E-state index in [1.165, 1.54) is 11.1 Å². The number of carbonyl (C=O) groups excluding carboxylic acids is 1. The lowest BCUT2D eigenvalue weighted by Crippen LogP contribution is -2.29. The van der Waals surface area contributed by atoms with Gasteiger partial charge in [-0.25, -0.2) is 0 Å². The highest BCUT2D eigenvalue weighted by atomic mass is 16.5. The highest BCUT2D eigenvalue weighted by Crippen LogP contribution is 2.18. The number of rotatable bonds is 5. The van der Waals surface area contributed by atoms with Gasteiger partial charge in [-0.1, -0.05) is 6.07 Å². The molecule has 0 aliphatic heterocycles. The monoisotopic (exact) mass is 287 g/mol. The summed E-state index contributed by atoms with van der Waals surface area (Å²) in [6, 6.07) is 9.45. The summed E-state index contributed by atoms with van der Waals surface area (Å²) in [6.07, 6.45) is 0. The van der Waals surface area contributed by atoms with Crippen LogP contribution in [0, 0.1) is 13.8 Å². The Morgan fingerprint density at radius 2 is 1.95 bits per heavy atom. The lowest BCUT2D eigenvalue weighted by Gasteiger charge is -2.07. The Morgan fingerprint density at radius 3 is 2.62 bits per heavy atom. The normalized spacial score (nSPS) is 10.7. The highest BCUT2D eigenvalue weighted by molar-refractivity contribution is 5.91. The van der Waals surface area contributed by atoms with Gasteiger partial charge >= 0.3 is 0 Å². The first-order chi connectivity index (χ1) is 9.95. The topological polar surface area (TPSA) is 51.5 Å². The van der Waals surface area contributed by atoms with Crippen LogP contribution in [0.25, 0.3) is 0 Å². The second-order valence-electron chi connectivity index (χ2n) is 5.43. The minimum atomic E-state index is -0.206. The third-order valence-electron chi connectivity index (χ3n) is 3.16. The molecule has 2 rings (SSSR count). The average Bonchev–Trinajstić information content (AvgIpc) is 2.88. The maximum absolute atomic E-state index is 11.8. The fourth-order valence-electron chi connectivity index (χ4n) is 1.87. The minimum Gasteiger partial charge on any atom is -0.486 e. The Kier molecular flexibility index (Phi) is 4.68. The van der Waals surface area contributed by atoms with Gasteiger partial charge in [-0.3, -0.25) is 4.79 Å². The number of carbonyl (C=O) groups is 1. The molecular weight excluding hydrogens is 266 g/mol. The number of amides is 1. The molecule has 0 spiro atoms. The molecule has 4 nitrogen and oxygen atoms in total. The second-order valence-corrected chi connectivity index (χ2v) is 5.43. The molecule has 1 aromatic heterocycles. The van der Waals surface area contributed by atoms with Gasteiger partial charge in [-0.05, 0) is 63.1 Å². The largest absolute Gasteiger partial charge is 0.486 e. The van der Waals surface area contributed by atoms with Crippen molar-refractivity contribution in [1.82, 2.24) is 5.32 Å². The van der Waals surface area contributed by atoms with Crippen LogP contribution < -0.4 is 10.1 Å². The van der Waals surface area contributed by atoms with Crippen LogP contribution in [0.3, 0.4) is 0 Å². The van der Waals surface area contributed by atoms with Gasteiger partial charge < -0.3 is 14.5 Å². The van der Waals surface area contributed by atoms with Gasteiger partial charge in [0.15, 0.2) is 5.76 Å². The van der Waals surface area contributed by atoms with Crippen LogP contribution in [0.4, 0.5) is 0 Å². The number of furan rings is 1. The summed E-state index contributed by atoms with van der Waals surface area (Å²) in [4.78, 5) is 11.8. The van der Waals surface area contributed by atoms with Crippen LogP contribution in [0.5, 0.6) is 5.75 Å². The second kappa shape index (κ2) is 6.48. The van der Waals surface area contributed by atoms with Crippen molar-refractivity contribution in [1.29, 1.82) is 0 Å². The predicted molar refractivity (Wildman–Crippen MR) is 81.6 cm³/mol. The summed E-state index contributed by atoms with van der Waals surface area (Å²) in [5.74, 6) is 1.52. The summed E-state index contributed by atoms with van der Waals surface area (Å²) < 4.78 is 11.2. The first-order valence-corrected chi connectivity index (χ1v) is 7.05. The van der Waals surface area contributed by atoms with Gasteiger partial charge in [0, 0.05) is 6.04 Å². The van der Waals surface area contributed by atoms with Crippen LogP contribution in [0.15, 0.2) is 34.7 Å². The van der Waals surface area contributed by atoms with Crippen LogP contribution in [0.1, 0.15) is 41.3 Å². The van der Waals surface area contributed by atoms with Crippen molar-refractivity contribution in [3.05, 3.63) is 53.0 Å². The van der Waals surface area contributed by atoms with E-state index in [0.717, 1.165) is 5.75 Å². The Hall–Kier alpha value is -2.23. The lowest BCUT2D eigenvalue weighted by molar-refractivity contribution is 0.0911. The predicted octanol–water partition coefficient (Wildman–Crippen LogP) is 3.61. The Bertz CT molecular complexity index is 629. The van der Waals surface area contributed by atoms with Gasteiger partial charge in [-0.2, -0.15) is 0 Å². The number of nitrogens with one attached hydrogen (secondary N) is 1. The molecule has 112 valence electrons.